The van der Waals surface area contributed by atoms with Crippen LogP contribution in [0, 0.1) is 0 Å². The highest BCUT2D eigenvalue weighted by Gasteiger charge is 2.09. The van der Waals surface area contributed by atoms with Gasteiger partial charge in [0.1, 0.15) is 6.61 Å². The van der Waals surface area contributed by atoms with Gasteiger partial charge in [-0.3, -0.25) is 9.78 Å². The molecule has 0 saturated heterocycles. The molecule has 3 aromatic rings. The van der Waals surface area contributed by atoms with Crippen LogP contribution in [0.25, 0.3) is 0 Å². The number of nitrogens with one attached hydrogen (secondary N) is 1. The molecular weight excluding hydrogens is 423 g/mol. The Kier molecular flexibility index (Phi) is 7.94. The summed E-state index contributed by atoms with van der Waals surface area (Å²) < 4.78 is 11.2. The molecule has 0 unspecified atom stereocenters. The van der Waals surface area contributed by atoms with Crippen molar-refractivity contribution in [2.45, 2.75) is 25.9 Å². The zero-order valence-electron chi connectivity index (χ0n) is 16.5. The Bertz CT molecular complexity index is 997. The summed E-state index contributed by atoms with van der Waals surface area (Å²) >= 11 is 12.0. The van der Waals surface area contributed by atoms with Crippen molar-refractivity contribution in [3.05, 3.63) is 82.1 Å². The molecule has 5 nitrogen and oxygen atoms in total. The summed E-state index contributed by atoms with van der Waals surface area (Å²) in [6.07, 6.45) is 5.28. The van der Waals surface area contributed by atoms with E-state index in [2.05, 4.69) is 10.3 Å². The van der Waals surface area contributed by atoms with Gasteiger partial charge < -0.3 is 14.8 Å². The van der Waals surface area contributed by atoms with Crippen LogP contribution in [0.15, 0.2) is 60.9 Å². The fourth-order valence-electron chi connectivity index (χ4n) is 2.88. The molecule has 1 heterocycles. The van der Waals surface area contributed by atoms with E-state index in [0.29, 0.717) is 46.7 Å². The standard InChI is InChI=1S/C23H22Cl2N2O3/c1-29-21-10-8-18(13-22(21)30-15-17-5-3-11-26-14-17)27-23(28)6-2-4-16-7-9-19(24)20(25)12-16/h3,5,7-14H,2,4,6,15H2,1H3,(H,27,28). The van der Waals surface area contributed by atoms with Crippen LogP contribution in [0.2, 0.25) is 10.0 Å². The van der Waals surface area contributed by atoms with Crippen molar-refractivity contribution in [2.75, 3.05) is 12.4 Å². The number of benzene rings is 2. The Labute approximate surface area is 185 Å². The smallest absolute Gasteiger partial charge is 0.224 e. The van der Waals surface area contributed by atoms with Crippen molar-refractivity contribution in [3.8, 4) is 11.5 Å². The summed E-state index contributed by atoms with van der Waals surface area (Å²) in [7, 11) is 1.58. The molecule has 30 heavy (non-hydrogen) atoms. The zero-order chi connectivity index (χ0) is 21.3. The third-order valence-corrected chi connectivity index (χ3v) is 5.16. The largest absolute Gasteiger partial charge is 0.493 e. The van der Waals surface area contributed by atoms with Crippen molar-refractivity contribution in [1.29, 1.82) is 0 Å². The molecule has 0 spiro atoms. The van der Waals surface area contributed by atoms with Gasteiger partial charge in [0.2, 0.25) is 5.91 Å². The molecule has 0 bridgehead atoms. The summed E-state index contributed by atoms with van der Waals surface area (Å²) in [5, 5.41) is 3.96. The molecule has 0 aliphatic carbocycles. The highest BCUT2D eigenvalue weighted by Crippen LogP contribution is 2.31. The lowest BCUT2D eigenvalue weighted by atomic mass is 10.1. The predicted octanol–water partition coefficient (Wildman–Crippen LogP) is 5.94. The quantitative estimate of drug-likeness (QED) is 0.443. The fourth-order valence-corrected chi connectivity index (χ4v) is 3.20. The number of carbonyl (C=O) groups is 1. The van der Waals surface area contributed by atoms with Gasteiger partial charge in [-0.05, 0) is 48.7 Å². The number of amides is 1. The third-order valence-electron chi connectivity index (χ3n) is 4.42. The van der Waals surface area contributed by atoms with Gasteiger partial charge in [-0.15, -0.1) is 0 Å². The molecule has 1 amide bonds. The number of hydrogen-bond donors (Lipinski definition) is 1. The Hall–Kier alpha value is -2.76. The minimum absolute atomic E-state index is 0.0709. The molecule has 156 valence electrons. The summed E-state index contributed by atoms with van der Waals surface area (Å²) in [5.41, 5.74) is 2.64. The van der Waals surface area contributed by atoms with E-state index < -0.39 is 0 Å². The first-order chi connectivity index (χ1) is 14.5. The number of nitrogens with zero attached hydrogens (tertiary/aromatic N) is 1. The van der Waals surface area contributed by atoms with Crippen LogP contribution in [0.1, 0.15) is 24.0 Å². The molecule has 0 atom stereocenters. The number of methoxy groups -OCH3 is 1. The number of aromatic nitrogens is 1. The van der Waals surface area contributed by atoms with Crippen molar-refractivity contribution in [3.63, 3.8) is 0 Å². The van der Waals surface area contributed by atoms with E-state index >= 15 is 0 Å². The number of halogens is 2. The lowest BCUT2D eigenvalue weighted by Crippen LogP contribution is -2.11. The van der Waals surface area contributed by atoms with Crippen molar-refractivity contribution in [2.24, 2.45) is 0 Å². The first-order valence-corrected chi connectivity index (χ1v) is 10.2. The molecule has 2 aromatic carbocycles. The molecule has 1 N–H and O–H groups in total. The zero-order valence-corrected chi connectivity index (χ0v) is 18.0. The van der Waals surface area contributed by atoms with Gasteiger partial charge in [0, 0.05) is 36.1 Å². The Morgan fingerprint density at radius 1 is 1.03 bits per heavy atom. The molecule has 0 aliphatic rings. The maximum absolute atomic E-state index is 12.3. The molecule has 1 aromatic heterocycles. The number of anilines is 1. The maximum Gasteiger partial charge on any atom is 0.224 e. The Balaban J connectivity index is 1.54. The molecular formula is C23H22Cl2N2O3. The maximum atomic E-state index is 12.3. The highest BCUT2D eigenvalue weighted by molar-refractivity contribution is 6.42. The summed E-state index contributed by atoms with van der Waals surface area (Å²) in [6.45, 7) is 0.352. The van der Waals surface area contributed by atoms with Gasteiger partial charge in [-0.1, -0.05) is 35.3 Å². The number of ether oxygens (including phenoxy) is 2. The van der Waals surface area contributed by atoms with Gasteiger partial charge in [0.15, 0.2) is 11.5 Å². The van der Waals surface area contributed by atoms with Crippen LogP contribution in [0.3, 0.4) is 0 Å². The topological polar surface area (TPSA) is 60.5 Å². The minimum Gasteiger partial charge on any atom is -0.493 e. The van der Waals surface area contributed by atoms with E-state index in [1.807, 2.05) is 24.3 Å². The molecule has 3 rings (SSSR count). The van der Waals surface area contributed by atoms with Gasteiger partial charge in [-0.25, -0.2) is 0 Å². The van der Waals surface area contributed by atoms with E-state index in [-0.39, 0.29) is 5.91 Å². The third kappa shape index (κ3) is 6.37. The Morgan fingerprint density at radius 2 is 1.90 bits per heavy atom. The predicted molar refractivity (Wildman–Crippen MR) is 120 cm³/mol. The number of hydrogen-bond acceptors (Lipinski definition) is 4. The van der Waals surface area contributed by atoms with Crippen LogP contribution in [-0.4, -0.2) is 18.0 Å². The number of aryl methyl sites for hydroxylation is 1. The van der Waals surface area contributed by atoms with Gasteiger partial charge in [0.25, 0.3) is 0 Å². The Morgan fingerprint density at radius 3 is 2.63 bits per heavy atom. The fraction of sp³-hybridized carbons (Fsp3) is 0.217. The molecule has 7 heteroatoms. The van der Waals surface area contributed by atoms with Crippen LogP contribution >= 0.6 is 23.2 Å². The van der Waals surface area contributed by atoms with Gasteiger partial charge in [0.05, 0.1) is 17.2 Å². The number of rotatable bonds is 9. The van der Waals surface area contributed by atoms with Crippen LogP contribution in [0.5, 0.6) is 11.5 Å². The van der Waals surface area contributed by atoms with Crippen LogP contribution < -0.4 is 14.8 Å². The number of pyridine rings is 1. The lowest BCUT2D eigenvalue weighted by molar-refractivity contribution is -0.116. The first kappa shape index (κ1) is 21.9. The van der Waals surface area contributed by atoms with E-state index in [9.17, 15) is 4.79 Å². The van der Waals surface area contributed by atoms with Crippen molar-refractivity contribution >= 4 is 34.8 Å². The number of carbonyl (C=O) groups excluding carboxylic acids is 1. The summed E-state index contributed by atoms with van der Waals surface area (Å²) in [6, 6.07) is 14.6. The molecule has 0 aliphatic heterocycles. The monoisotopic (exact) mass is 444 g/mol. The molecule has 0 saturated carbocycles. The molecule has 0 radical (unpaired) electrons. The van der Waals surface area contributed by atoms with E-state index in [4.69, 9.17) is 32.7 Å². The van der Waals surface area contributed by atoms with Gasteiger partial charge >= 0.3 is 0 Å². The van der Waals surface area contributed by atoms with Crippen LogP contribution in [-0.2, 0) is 17.8 Å². The van der Waals surface area contributed by atoms with E-state index in [1.165, 1.54) is 0 Å². The van der Waals surface area contributed by atoms with Crippen LogP contribution in [0.4, 0.5) is 5.69 Å². The average Bonchev–Trinajstić information content (AvgIpc) is 2.75. The van der Waals surface area contributed by atoms with Crippen molar-refractivity contribution < 1.29 is 14.3 Å². The van der Waals surface area contributed by atoms with Gasteiger partial charge in [-0.2, -0.15) is 0 Å². The first-order valence-electron chi connectivity index (χ1n) is 9.48. The van der Waals surface area contributed by atoms with Crippen molar-refractivity contribution in [1.82, 2.24) is 4.98 Å². The summed E-state index contributed by atoms with van der Waals surface area (Å²) in [5.74, 6) is 1.07. The lowest BCUT2D eigenvalue weighted by Gasteiger charge is -2.13. The average molecular weight is 445 g/mol. The molecule has 0 fully saturated rings. The summed E-state index contributed by atoms with van der Waals surface area (Å²) in [4.78, 5) is 16.4. The highest BCUT2D eigenvalue weighted by atomic mass is 35.5. The second kappa shape index (κ2) is 10.9. The van der Waals surface area contributed by atoms with E-state index in [1.54, 1.807) is 43.8 Å². The second-order valence-electron chi connectivity index (χ2n) is 6.67. The minimum atomic E-state index is -0.0709. The second-order valence-corrected chi connectivity index (χ2v) is 7.48. The normalized spacial score (nSPS) is 10.5. The van der Waals surface area contributed by atoms with E-state index in [0.717, 1.165) is 17.5 Å². The SMILES string of the molecule is COc1ccc(NC(=O)CCCc2ccc(Cl)c(Cl)c2)cc1OCc1cccnc1.